The molecular weight excluding hydrogens is 410 g/mol. The van der Waals surface area contributed by atoms with Gasteiger partial charge in [0.05, 0.1) is 13.2 Å². The van der Waals surface area contributed by atoms with E-state index < -0.39 is 11.9 Å². The monoisotopic (exact) mass is 429 g/mol. The lowest BCUT2D eigenvalue weighted by molar-refractivity contribution is -0.138. The van der Waals surface area contributed by atoms with Crippen LogP contribution in [0.2, 0.25) is 5.02 Å². The molecule has 2 aromatic carbocycles. The lowest BCUT2D eigenvalue weighted by atomic mass is 10.1. The molecule has 0 aromatic heterocycles. The summed E-state index contributed by atoms with van der Waals surface area (Å²) in [5.74, 6) is -0.392. The molecule has 0 bridgehead atoms. The van der Waals surface area contributed by atoms with E-state index in [1.165, 1.54) is 12.1 Å². The van der Waals surface area contributed by atoms with E-state index in [-0.39, 0.29) is 30.3 Å². The van der Waals surface area contributed by atoms with Crippen LogP contribution < -0.4 is 14.2 Å². The van der Waals surface area contributed by atoms with Crippen LogP contribution in [0.1, 0.15) is 19.4 Å². The van der Waals surface area contributed by atoms with Crippen molar-refractivity contribution in [3.8, 4) is 23.3 Å². The molecule has 30 heavy (non-hydrogen) atoms. The first-order valence-electron chi connectivity index (χ1n) is 9.11. The standard InChI is InChI=1S/C22H20ClNO6/c1-3-27-20-12-15(11-16(13-24)22(26)28-4-2)5-10-19(20)30-21(25)14-29-18-8-6-17(23)7-9-18/h5-12H,3-4,14H2,1-2H3/b16-11+. The summed E-state index contributed by atoms with van der Waals surface area (Å²) in [4.78, 5) is 23.9. The fourth-order valence-electron chi connectivity index (χ4n) is 2.30. The molecule has 0 atom stereocenters. The Kier molecular flexibility index (Phi) is 8.73. The molecule has 7 nitrogen and oxygen atoms in total. The molecule has 0 saturated heterocycles. The number of esters is 2. The molecule has 156 valence electrons. The average molecular weight is 430 g/mol. The lowest BCUT2D eigenvalue weighted by Gasteiger charge is -2.12. The van der Waals surface area contributed by atoms with Crippen molar-refractivity contribution in [3.05, 3.63) is 58.6 Å². The third kappa shape index (κ3) is 6.83. The highest BCUT2D eigenvalue weighted by atomic mass is 35.5. The Hall–Kier alpha value is -3.50. The fourth-order valence-corrected chi connectivity index (χ4v) is 2.43. The van der Waals surface area contributed by atoms with Gasteiger partial charge in [-0.2, -0.15) is 5.26 Å². The van der Waals surface area contributed by atoms with Crippen molar-refractivity contribution in [2.75, 3.05) is 19.8 Å². The molecule has 2 rings (SSSR count). The summed E-state index contributed by atoms with van der Waals surface area (Å²) in [6.45, 7) is 3.60. The van der Waals surface area contributed by atoms with Crippen molar-refractivity contribution in [2.45, 2.75) is 13.8 Å². The smallest absolute Gasteiger partial charge is 0.349 e. The molecule has 0 unspecified atom stereocenters. The number of carbonyl (C=O) groups is 2. The largest absolute Gasteiger partial charge is 0.490 e. The van der Waals surface area contributed by atoms with Crippen LogP contribution in [0.25, 0.3) is 6.08 Å². The van der Waals surface area contributed by atoms with Crippen LogP contribution in [0, 0.1) is 11.3 Å². The minimum absolute atomic E-state index is 0.152. The maximum absolute atomic E-state index is 12.1. The van der Waals surface area contributed by atoms with Gasteiger partial charge >= 0.3 is 11.9 Å². The number of hydrogen-bond acceptors (Lipinski definition) is 7. The maximum Gasteiger partial charge on any atom is 0.349 e. The number of benzene rings is 2. The normalized spacial score (nSPS) is 10.7. The van der Waals surface area contributed by atoms with Gasteiger partial charge in [-0.1, -0.05) is 17.7 Å². The first kappa shape index (κ1) is 22.8. The van der Waals surface area contributed by atoms with Gasteiger partial charge in [-0.05, 0) is 61.9 Å². The minimum Gasteiger partial charge on any atom is -0.490 e. The number of halogens is 1. The maximum atomic E-state index is 12.1. The summed E-state index contributed by atoms with van der Waals surface area (Å²) < 4.78 is 21.0. The zero-order valence-corrected chi connectivity index (χ0v) is 17.3. The van der Waals surface area contributed by atoms with Gasteiger partial charge in [0.15, 0.2) is 18.1 Å². The van der Waals surface area contributed by atoms with Crippen molar-refractivity contribution in [2.24, 2.45) is 0 Å². The SMILES string of the molecule is CCOC(=O)/C(C#N)=C/c1ccc(OC(=O)COc2ccc(Cl)cc2)c(OCC)c1. The topological polar surface area (TPSA) is 94.9 Å². The van der Waals surface area contributed by atoms with Crippen molar-refractivity contribution in [3.63, 3.8) is 0 Å². The molecule has 8 heteroatoms. The fraction of sp³-hybridized carbons (Fsp3) is 0.227. The van der Waals surface area contributed by atoms with E-state index in [0.717, 1.165) is 0 Å². The number of nitrogens with zero attached hydrogens (tertiary/aromatic N) is 1. The van der Waals surface area contributed by atoms with Gasteiger partial charge in [-0.15, -0.1) is 0 Å². The highest BCUT2D eigenvalue weighted by molar-refractivity contribution is 6.30. The second kappa shape index (κ2) is 11.5. The second-order valence-corrected chi connectivity index (χ2v) is 6.18. The van der Waals surface area contributed by atoms with E-state index in [2.05, 4.69) is 0 Å². The molecule has 0 aliphatic carbocycles. The molecule has 0 heterocycles. The summed E-state index contributed by atoms with van der Waals surface area (Å²) >= 11 is 5.81. The predicted octanol–water partition coefficient (Wildman–Crippen LogP) is 4.19. The summed E-state index contributed by atoms with van der Waals surface area (Å²) in [7, 11) is 0. The summed E-state index contributed by atoms with van der Waals surface area (Å²) in [6, 6.07) is 13.0. The number of rotatable bonds is 9. The Morgan fingerprint density at radius 1 is 1.03 bits per heavy atom. The molecule has 2 aromatic rings. The van der Waals surface area contributed by atoms with Gasteiger partial charge in [0.25, 0.3) is 0 Å². The first-order chi connectivity index (χ1) is 14.5. The lowest BCUT2D eigenvalue weighted by Crippen LogP contribution is -2.18. The predicted molar refractivity (Wildman–Crippen MR) is 110 cm³/mol. The Bertz CT molecular complexity index is 963. The molecule has 0 aliphatic heterocycles. The molecule has 0 fully saturated rings. The van der Waals surface area contributed by atoms with E-state index in [0.29, 0.717) is 22.9 Å². The molecule has 0 aliphatic rings. The van der Waals surface area contributed by atoms with Gasteiger partial charge in [0, 0.05) is 5.02 Å². The summed E-state index contributed by atoms with van der Waals surface area (Å²) in [6.07, 6.45) is 1.37. The number of hydrogen-bond donors (Lipinski definition) is 0. The first-order valence-corrected chi connectivity index (χ1v) is 9.49. The minimum atomic E-state index is -0.715. The molecule has 0 amide bonds. The zero-order valence-electron chi connectivity index (χ0n) is 16.5. The molecule has 0 saturated carbocycles. The summed E-state index contributed by atoms with van der Waals surface area (Å²) in [5, 5.41) is 9.72. The van der Waals surface area contributed by atoms with Crippen molar-refractivity contribution >= 4 is 29.6 Å². The van der Waals surface area contributed by atoms with Crippen molar-refractivity contribution < 1.29 is 28.5 Å². The van der Waals surface area contributed by atoms with Gasteiger partial charge in [0.1, 0.15) is 17.4 Å². The third-order valence-corrected chi connectivity index (χ3v) is 3.84. The molecule has 0 spiro atoms. The van der Waals surface area contributed by atoms with Crippen molar-refractivity contribution in [1.29, 1.82) is 5.26 Å². The Morgan fingerprint density at radius 3 is 2.40 bits per heavy atom. The van der Waals surface area contributed by atoms with E-state index >= 15 is 0 Å². The second-order valence-electron chi connectivity index (χ2n) is 5.75. The third-order valence-electron chi connectivity index (χ3n) is 3.59. The van der Waals surface area contributed by atoms with Crippen LogP contribution >= 0.6 is 11.6 Å². The van der Waals surface area contributed by atoms with Crippen LogP contribution in [0.4, 0.5) is 0 Å². The van der Waals surface area contributed by atoms with Crippen LogP contribution in [-0.2, 0) is 14.3 Å². The van der Waals surface area contributed by atoms with E-state index in [4.69, 9.17) is 35.8 Å². The van der Waals surface area contributed by atoms with E-state index in [9.17, 15) is 9.59 Å². The summed E-state index contributed by atoms with van der Waals surface area (Å²) in [5.41, 5.74) is 0.362. The Balaban J connectivity index is 2.12. The number of ether oxygens (including phenoxy) is 4. The number of carbonyl (C=O) groups excluding carboxylic acids is 2. The van der Waals surface area contributed by atoms with Crippen LogP contribution in [-0.4, -0.2) is 31.8 Å². The molecule has 0 radical (unpaired) electrons. The molecule has 0 N–H and O–H groups in total. The van der Waals surface area contributed by atoms with E-state index in [1.807, 2.05) is 0 Å². The van der Waals surface area contributed by atoms with Crippen LogP contribution in [0.3, 0.4) is 0 Å². The van der Waals surface area contributed by atoms with Crippen molar-refractivity contribution in [1.82, 2.24) is 0 Å². The average Bonchev–Trinajstić information content (AvgIpc) is 2.73. The van der Waals surface area contributed by atoms with Crippen LogP contribution in [0.5, 0.6) is 17.2 Å². The van der Waals surface area contributed by atoms with Crippen LogP contribution in [0.15, 0.2) is 48.0 Å². The molecular formula is C22H20ClNO6. The van der Waals surface area contributed by atoms with Gasteiger partial charge in [-0.25, -0.2) is 9.59 Å². The van der Waals surface area contributed by atoms with Gasteiger partial charge in [-0.3, -0.25) is 0 Å². The quantitative estimate of drug-likeness (QED) is 0.255. The van der Waals surface area contributed by atoms with Gasteiger partial charge in [0.2, 0.25) is 0 Å². The zero-order chi connectivity index (χ0) is 21.9. The Morgan fingerprint density at radius 2 is 1.77 bits per heavy atom. The van der Waals surface area contributed by atoms with E-state index in [1.54, 1.807) is 56.3 Å². The number of nitriles is 1. The Labute approximate surface area is 179 Å². The highest BCUT2D eigenvalue weighted by Crippen LogP contribution is 2.29. The highest BCUT2D eigenvalue weighted by Gasteiger charge is 2.14. The van der Waals surface area contributed by atoms with Gasteiger partial charge < -0.3 is 18.9 Å².